The van der Waals surface area contributed by atoms with Crippen molar-refractivity contribution in [2.75, 3.05) is 11.6 Å². The minimum atomic E-state index is -3.17. The maximum absolute atomic E-state index is 12.1. The molecule has 2 aromatic carbocycles. The van der Waals surface area contributed by atoms with Gasteiger partial charge in [-0.05, 0) is 24.1 Å². The summed E-state index contributed by atoms with van der Waals surface area (Å²) in [6.45, 7) is 1.89. The number of carbonyl (C=O) groups excluding carboxylic acids is 1. The van der Waals surface area contributed by atoms with Gasteiger partial charge in [-0.2, -0.15) is 0 Å². The molecule has 6 heteroatoms. The van der Waals surface area contributed by atoms with Crippen molar-refractivity contribution < 1.29 is 13.2 Å². The van der Waals surface area contributed by atoms with Crippen molar-refractivity contribution in [2.24, 2.45) is 0 Å². The SMILES string of the molecule is C[C@H](NC(=O)Nc1ccccc1CS(C)(=O)=O)c1ccccc1. The van der Waals surface area contributed by atoms with Crippen LogP contribution in [0.4, 0.5) is 10.5 Å². The number of benzene rings is 2. The summed E-state index contributed by atoms with van der Waals surface area (Å²) >= 11 is 0. The van der Waals surface area contributed by atoms with E-state index in [1.807, 2.05) is 37.3 Å². The first-order valence-corrected chi connectivity index (χ1v) is 9.29. The van der Waals surface area contributed by atoms with Crippen LogP contribution < -0.4 is 10.6 Å². The van der Waals surface area contributed by atoms with Crippen LogP contribution in [-0.2, 0) is 15.6 Å². The van der Waals surface area contributed by atoms with Crippen molar-refractivity contribution >= 4 is 21.6 Å². The second-order valence-electron chi connectivity index (χ2n) is 5.46. The van der Waals surface area contributed by atoms with Gasteiger partial charge in [0.1, 0.15) is 0 Å². The van der Waals surface area contributed by atoms with Crippen molar-refractivity contribution in [1.82, 2.24) is 5.32 Å². The van der Waals surface area contributed by atoms with Crippen LogP contribution in [0.5, 0.6) is 0 Å². The highest BCUT2D eigenvalue weighted by Gasteiger charge is 2.13. The summed E-state index contributed by atoms with van der Waals surface area (Å²) in [4.78, 5) is 12.1. The first-order valence-electron chi connectivity index (χ1n) is 7.23. The number of amides is 2. The Labute approximate surface area is 136 Å². The Hall–Kier alpha value is -2.34. The number of hydrogen-bond donors (Lipinski definition) is 2. The van der Waals surface area contributed by atoms with Crippen molar-refractivity contribution in [1.29, 1.82) is 0 Å². The summed E-state index contributed by atoms with van der Waals surface area (Å²) in [6.07, 6.45) is 1.17. The molecule has 0 saturated heterocycles. The highest BCUT2D eigenvalue weighted by Crippen LogP contribution is 2.18. The molecule has 0 aliphatic carbocycles. The zero-order valence-corrected chi connectivity index (χ0v) is 13.9. The molecular weight excluding hydrogens is 312 g/mol. The van der Waals surface area contributed by atoms with Crippen LogP contribution in [0.3, 0.4) is 0 Å². The molecule has 0 aromatic heterocycles. The van der Waals surface area contributed by atoms with E-state index in [-0.39, 0.29) is 17.8 Å². The third-order valence-electron chi connectivity index (χ3n) is 3.33. The maximum atomic E-state index is 12.1. The Balaban J connectivity index is 2.06. The van der Waals surface area contributed by atoms with Crippen LogP contribution in [0.2, 0.25) is 0 Å². The standard InChI is InChI=1S/C17H20N2O3S/c1-13(14-8-4-3-5-9-14)18-17(20)19-16-11-7-6-10-15(16)12-23(2,21)22/h3-11,13H,12H2,1-2H3,(H2,18,19,20)/t13-/m0/s1. The number of rotatable bonds is 5. The lowest BCUT2D eigenvalue weighted by atomic mass is 10.1. The van der Waals surface area contributed by atoms with Gasteiger partial charge in [0.05, 0.1) is 11.8 Å². The number of nitrogens with one attached hydrogen (secondary N) is 2. The van der Waals surface area contributed by atoms with Gasteiger partial charge in [0, 0.05) is 11.9 Å². The quantitative estimate of drug-likeness (QED) is 0.883. The molecule has 1 atom stereocenters. The van der Waals surface area contributed by atoms with Crippen molar-refractivity contribution in [2.45, 2.75) is 18.7 Å². The summed E-state index contributed by atoms with van der Waals surface area (Å²) in [5.74, 6) is -0.113. The monoisotopic (exact) mass is 332 g/mol. The normalized spacial score (nSPS) is 12.4. The molecule has 0 bridgehead atoms. The molecule has 0 aliphatic rings. The minimum Gasteiger partial charge on any atom is -0.331 e. The Morgan fingerprint density at radius 2 is 1.65 bits per heavy atom. The van der Waals surface area contributed by atoms with Gasteiger partial charge in [0.2, 0.25) is 0 Å². The summed E-state index contributed by atoms with van der Waals surface area (Å²) in [7, 11) is -3.17. The van der Waals surface area contributed by atoms with E-state index in [1.54, 1.807) is 24.3 Å². The van der Waals surface area contributed by atoms with Gasteiger partial charge in [-0.3, -0.25) is 0 Å². The predicted octanol–water partition coefficient (Wildman–Crippen LogP) is 3.11. The lowest BCUT2D eigenvalue weighted by molar-refractivity contribution is 0.249. The van der Waals surface area contributed by atoms with Crippen LogP contribution in [0, 0.1) is 0 Å². The van der Waals surface area contributed by atoms with Gasteiger partial charge in [0.25, 0.3) is 0 Å². The van der Waals surface area contributed by atoms with Gasteiger partial charge >= 0.3 is 6.03 Å². The van der Waals surface area contributed by atoms with Gasteiger partial charge in [0.15, 0.2) is 9.84 Å². The van der Waals surface area contributed by atoms with Crippen LogP contribution in [0.15, 0.2) is 54.6 Å². The van der Waals surface area contributed by atoms with Gasteiger partial charge < -0.3 is 10.6 Å². The molecule has 2 aromatic rings. The Bertz CT molecular complexity index is 773. The average molecular weight is 332 g/mol. The average Bonchev–Trinajstić information content (AvgIpc) is 2.48. The maximum Gasteiger partial charge on any atom is 0.319 e. The summed E-state index contributed by atoms with van der Waals surface area (Å²) in [6, 6.07) is 16.0. The van der Waals surface area contributed by atoms with Crippen LogP contribution >= 0.6 is 0 Å². The fourth-order valence-corrected chi connectivity index (χ4v) is 3.05. The van der Waals surface area contributed by atoms with Crippen molar-refractivity contribution in [3.05, 3.63) is 65.7 Å². The lowest BCUT2D eigenvalue weighted by Gasteiger charge is -2.16. The number of para-hydroxylation sites is 1. The largest absolute Gasteiger partial charge is 0.331 e. The van der Waals surface area contributed by atoms with Crippen molar-refractivity contribution in [3.63, 3.8) is 0 Å². The number of hydrogen-bond acceptors (Lipinski definition) is 3. The van der Waals surface area contributed by atoms with E-state index in [0.717, 1.165) is 5.56 Å². The lowest BCUT2D eigenvalue weighted by Crippen LogP contribution is -2.31. The highest BCUT2D eigenvalue weighted by molar-refractivity contribution is 7.89. The number of urea groups is 1. The molecule has 0 radical (unpaired) electrons. The Morgan fingerprint density at radius 3 is 2.30 bits per heavy atom. The number of sulfone groups is 1. The first-order chi connectivity index (χ1) is 10.8. The zero-order valence-electron chi connectivity index (χ0n) is 13.1. The van der Waals surface area contributed by atoms with Gasteiger partial charge in [-0.15, -0.1) is 0 Å². The molecule has 2 rings (SSSR count). The Morgan fingerprint density at radius 1 is 1.04 bits per heavy atom. The second kappa shape index (κ2) is 7.28. The molecule has 0 aliphatic heterocycles. The van der Waals surface area contributed by atoms with Gasteiger partial charge in [-0.1, -0.05) is 48.5 Å². The van der Waals surface area contributed by atoms with E-state index < -0.39 is 9.84 Å². The van der Waals surface area contributed by atoms with E-state index in [0.29, 0.717) is 11.3 Å². The topological polar surface area (TPSA) is 75.3 Å². The summed E-state index contributed by atoms with van der Waals surface area (Å²) in [5.41, 5.74) is 2.06. The molecule has 2 amide bonds. The first kappa shape index (κ1) is 17.0. The molecule has 0 fully saturated rings. The minimum absolute atomic E-state index is 0.113. The summed E-state index contributed by atoms with van der Waals surface area (Å²) < 4.78 is 22.9. The zero-order chi connectivity index (χ0) is 16.9. The molecule has 122 valence electrons. The predicted molar refractivity (Wildman–Crippen MR) is 92.0 cm³/mol. The van der Waals surface area contributed by atoms with E-state index in [9.17, 15) is 13.2 Å². The molecule has 0 saturated carbocycles. The smallest absolute Gasteiger partial charge is 0.319 e. The molecule has 0 unspecified atom stereocenters. The van der Waals surface area contributed by atoms with Crippen LogP contribution in [0.1, 0.15) is 24.1 Å². The van der Waals surface area contributed by atoms with Crippen molar-refractivity contribution in [3.8, 4) is 0 Å². The van der Waals surface area contributed by atoms with E-state index >= 15 is 0 Å². The number of anilines is 1. The molecule has 23 heavy (non-hydrogen) atoms. The van der Waals surface area contributed by atoms with E-state index in [4.69, 9.17) is 0 Å². The van der Waals surface area contributed by atoms with Gasteiger partial charge in [-0.25, -0.2) is 13.2 Å². The summed E-state index contributed by atoms with van der Waals surface area (Å²) in [5, 5.41) is 5.55. The fourth-order valence-electron chi connectivity index (χ4n) is 2.23. The van der Waals surface area contributed by atoms with E-state index in [1.165, 1.54) is 6.26 Å². The third-order valence-corrected chi connectivity index (χ3v) is 4.17. The molecule has 0 heterocycles. The van der Waals surface area contributed by atoms with Crippen LogP contribution in [-0.4, -0.2) is 20.7 Å². The molecule has 5 nitrogen and oxygen atoms in total. The fraction of sp³-hybridized carbons (Fsp3) is 0.235. The molecule has 0 spiro atoms. The molecule has 2 N–H and O–H groups in total. The van der Waals surface area contributed by atoms with E-state index in [2.05, 4.69) is 10.6 Å². The Kier molecular flexibility index (Phi) is 5.39. The number of carbonyl (C=O) groups is 1. The van der Waals surface area contributed by atoms with Crippen LogP contribution in [0.25, 0.3) is 0 Å². The molecular formula is C17H20N2O3S. The highest BCUT2D eigenvalue weighted by atomic mass is 32.2. The second-order valence-corrected chi connectivity index (χ2v) is 7.60. The third kappa shape index (κ3) is 5.41.